The Morgan fingerprint density at radius 1 is 1.18 bits per heavy atom. The van der Waals surface area contributed by atoms with Gasteiger partial charge >= 0.3 is 0 Å². The first-order valence-corrected chi connectivity index (χ1v) is 14.3. The van der Waals surface area contributed by atoms with Crippen molar-refractivity contribution in [2.45, 2.75) is 97.2 Å². The van der Waals surface area contributed by atoms with Crippen LogP contribution in [0.4, 0.5) is 17.2 Å². The highest BCUT2D eigenvalue weighted by molar-refractivity contribution is 5.99. The van der Waals surface area contributed by atoms with Gasteiger partial charge in [-0.25, -0.2) is 4.98 Å². The number of ether oxygens (including phenoxy) is 3. The third-order valence-corrected chi connectivity index (χ3v) is 8.08. The van der Waals surface area contributed by atoms with Crippen molar-refractivity contribution in [1.82, 2.24) is 4.98 Å². The minimum Gasteiger partial charge on any atom is -0.376 e. The van der Waals surface area contributed by atoms with Crippen molar-refractivity contribution in [2.24, 2.45) is 11.8 Å². The first kappa shape index (κ1) is 27.1. The molecule has 5 rings (SSSR count). The monoisotopic (exact) mass is 521 g/mol. The average molecular weight is 522 g/mol. The topological polar surface area (TPSA) is 72.9 Å². The normalized spacial score (nSPS) is 25.3. The standard InChI is InChI=1S/C31H43N3O4/c1-20(2)38-26-11-8-23(9-12-26)30(35)34-17-25-7-6-14-32-29(25)33-27-13-10-24(15-28(27)34)21(3)36-18-22-16-31(4,5)37-19-22/h6-7,10,13-15,20-23,26H,8-9,11-12,16-19H2,1-5H3,(H,32,33)/t21?,22?,23-,26-. The minimum atomic E-state index is -0.0895. The van der Waals surface area contributed by atoms with E-state index in [1.807, 2.05) is 17.0 Å². The average Bonchev–Trinajstić information content (AvgIpc) is 3.15. The number of rotatable bonds is 7. The van der Waals surface area contributed by atoms with Gasteiger partial charge in [0, 0.05) is 23.6 Å². The molecule has 2 aliphatic heterocycles. The zero-order chi connectivity index (χ0) is 26.9. The number of nitrogens with zero attached hydrogens (tertiary/aromatic N) is 2. The summed E-state index contributed by atoms with van der Waals surface area (Å²) in [5.74, 6) is 1.39. The summed E-state index contributed by atoms with van der Waals surface area (Å²) in [6, 6.07) is 10.3. The van der Waals surface area contributed by atoms with Gasteiger partial charge in [-0.2, -0.15) is 0 Å². The number of aromatic nitrogens is 1. The van der Waals surface area contributed by atoms with Gasteiger partial charge < -0.3 is 24.4 Å². The molecule has 0 spiro atoms. The largest absolute Gasteiger partial charge is 0.376 e. The summed E-state index contributed by atoms with van der Waals surface area (Å²) < 4.78 is 18.2. The Hall–Kier alpha value is -2.48. The zero-order valence-electron chi connectivity index (χ0n) is 23.5. The predicted molar refractivity (Wildman–Crippen MR) is 150 cm³/mol. The van der Waals surface area contributed by atoms with Crippen molar-refractivity contribution in [3.05, 3.63) is 47.7 Å². The van der Waals surface area contributed by atoms with Gasteiger partial charge in [0.2, 0.25) is 5.91 Å². The highest BCUT2D eigenvalue weighted by Crippen LogP contribution is 2.40. The van der Waals surface area contributed by atoms with Crippen LogP contribution in [0.2, 0.25) is 0 Å². The van der Waals surface area contributed by atoms with E-state index in [-0.39, 0.29) is 35.7 Å². The Balaban J connectivity index is 1.35. The molecule has 1 aliphatic carbocycles. The molecule has 3 aliphatic rings. The summed E-state index contributed by atoms with van der Waals surface area (Å²) in [5, 5.41) is 3.49. The van der Waals surface area contributed by atoms with Crippen molar-refractivity contribution < 1.29 is 19.0 Å². The molecule has 0 bridgehead atoms. The van der Waals surface area contributed by atoms with Gasteiger partial charge in [-0.1, -0.05) is 12.1 Å². The van der Waals surface area contributed by atoms with Crippen LogP contribution in [0, 0.1) is 11.8 Å². The number of amides is 1. The lowest BCUT2D eigenvalue weighted by molar-refractivity contribution is -0.124. The maximum absolute atomic E-state index is 14.0. The second-order valence-electron chi connectivity index (χ2n) is 12.1. The minimum absolute atomic E-state index is 0.00358. The Morgan fingerprint density at radius 3 is 2.68 bits per heavy atom. The van der Waals surface area contributed by atoms with Crippen LogP contribution in [-0.4, -0.2) is 41.9 Å². The number of carbonyl (C=O) groups excluding carboxylic acids is 1. The van der Waals surface area contributed by atoms with Gasteiger partial charge in [0.05, 0.1) is 55.0 Å². The number of pyridine rings is 1. The SMILES string of the molecule is CC(C)O[C@H]1CC[C@H](C(=O)N2Cc3cccnc3Nc3ccc(C(C)OCC4COC(C)(C)C4)cc32)CC1. The molecule has 2 aromatic rings. The second kappa shape index (κ2) is 11.3. The van der Waals surface area contributed by atoms with Crippen LogP contribution in [0.1, 0.15) is 84.0 Å². The molecule has 38 heavy (non-hydrogen) atoms. The summed E-state index contributed by atoms with van der Waals surface area (Å²) in [4.78, 5) is 20.6. The molecule has 7 nitrogen and oxygen atoms in total. The van der Waals surface area contributed by atoms with Crippen molar-refractivity contribution >= 4 is 23.1 Å². The highest BCUT2D eigenvalue weighted by Gasteiger charge is 2.34. The molecule has 1 saturated heterocycles. The van der Waals surface area contributed by atoms with Crippen LogP contribution in [0.3, 0.4) is 0 Å². The number of hydrogen-bond donors (Lipinski definition) is 1. The van der Waals surface area contributed by atoms with Crippen molar-refractivity contribution in [1.29, 1.82) is 0 Å². The summed E-state index contributed by atoms with van der Waals surface area (Å²) in [7, 11) is 0. The first-order valence-electron chi connectivity index (χ1n) is 14.3. The predicted octanol–water partition coefficient (Wildman–Crippen LogP) is 6.55. The fourth-order valence-corrected chi connectivity index (χ4v) is 6.08. The number of nitrogens with one attached hydrogen (secondary N) is 1. The first-order chi connectivity index (χ1) is 18.2. The quantitative estimate of drug-likeness (QED) is 0.446. The number of carbonyl (C=O) groups is 1. The van der Waals surface area contributed by atoms with Crippen molar-refractivity contribution in [2.75, 3.05) is 23.4 Å². The number of fused-ring (bicyclic) bond motifs is 2. The fourth-order valence-electron chi connectivity index (χ4n) is 6.08. The number of hydrogen-bond acceptors (Lipinski definition) is 6. The zero-order valence-corrected chi connectivity index (χ0v) is 23.5. The van der Waals surface area contributed by atoms with Crippen LogP contribution < -0.4 is 10.2 Å². The molecular weight excluding hydrogens is 478 g/mol. The van der Waals surface area contributed by atoms with Crippen LogP contribution in [-0.2, 0) is 25.5 Å². The fraction of sp³-hybridized carbons (Fsp3) is 0.613. The Labute approximate surface area is 227 Å². The maximum Gasteiger partial charge on any atom is 0.230 e. The lowest BCUT2D eigenvalue weighted by Crippen LogP contribution is -2.38. The molecule has 0 radical (unpaired) electrons. The third-order valence-electron chi connectivity index (χ3n) is 8.08. The van der Waals surface area contributed by atoms with E-state index in [1.165, 1.54) is 0 Å². The van der Waals surface area contributed by atoms with E-state index in [0.29, 0.717) is 19.1 Å². The number of benzene rings is 1. The molecule has 2 fully saturated rings. The molecule has 2 unspecified atom stereocenters. The highest BCUT2D eigenvalue weighted by atomic mass is 16.5. The van der Waals surface area contributed by atoms with Gasteiger partial charge in [0.25, 0.3) is 0 Å². The van der Waals surface area contributed by atoms with E-state index >= 15 is 0 Å². The van der Waals surface area contributed by atoms with Crippen molar-refractivity contribution in [3.8, 4) is 0 Å². The summed E-state index contributed by atoms with van der Waals surface area (Å²) in [6.45, 7) is 12.4. The maximum atomic E-state index is 14.0. The van der Waals surface area contributed by atoms with E-state index in [2.05, 4.69) is 63.1 Å². The molecule has 3 heterocycles. The molecule has 2 atom stereocenters. The summed E-state index contributed by atoms with van der Waals surface area (Å²) in [5.41, 5.74) is 3.80. The van der Waals surface area contributed by atoms with Gasteiger partial charge in [-0.3, -0.25) is 4.79 Å². The van der Waals surface area contributed by atoms with E-state index < -0.39 is 0 Å². The Kier molecular flexibility index (Phi) is 8.08. The molecule has 1 saturated carbocycles. The number of anilines is 3. The van der Waals surface area contributed by atoms with E-state index in [4.69, 9.17) is 14.2 Å². The molecule has 1 aromatic heterocycles. The smallest absolute Gasteiger partial charge is 0.230 e. The molecule has 1 amide bonds. The van der Waals surface area contributed by atoms with E-state index in [0.717, 1.165) is 67.0 Å². The summed E-state index contributed by atoms with van der Waals surface area (Å²) >= 11 is 0. The van der Waals surface area contributed by atoms with E-state index in [9.17, 15) is 4.79 Å². The Morgan fingerprint density at radius 2 is 1.97 bits per heavy atom. The summed E-state index contributed by atoms with van der Waals surface area (Å²) in [6.07, 6.45) is 6.74. The molecule has 1 aromatic carbocycles. The van der Waals surface area contributed by atoms with Crippen molar-refractivity contribution in [3.63, 3.8) is 0 Å². The molecule has 206 valence electrons. The lowest BCUT2D eigenvalue weighted by Gasteiger charge is -2.33. The van der Waals surface area contributed by atoms with Gasteiger partial charge in [-0.15, -0.1) is 0 Å². The van der Waals surface area contributed by atoms with Gasteiger partial charge in [-0.05, 0) is 90.5 Å². The van der Waals surface area contributed by atoms with Crippen LogP contribution in [0.5, 0.6) is 0 Å². The van der Waals surface area contributed by atoms with E-state index in [1.54, 1.807) is 6.20 Å². The molecule has 7 heteroatoms. The lowest BCUT2D eigenvalue weighted by atomic mass is 9.86. The van der Waals surface area contributed by atoms with Crippen LogP contribution in [0.25, 0.3) is 0 Å². The molecular formula is C31H43N3O4. The van der Waals surface area contributed by atoms with Gasteiger partial charge in [0.1, 0.15) is 5.82 Å². The van der Waals surface area contributed by atoms with Gasteiger partial charge in [0.15, 0.2) is 0 Å². The second-order valence-corrected chi connectivity index (χ2v) is 12.1. The van der Waals surface area contributed by atoms with Crippen LogP contribution in [0.15, 0.2) is 36.5 Å². The third kappa shape index (κ3) is 6.22. The molecule has 1 N–H and O–H groups in total. The van der Waals surface area contributed by atoms with Crippen LogP contribution >= 0.6 is 0 Å². The Bertz CT molecular complexity index is 1130.